The summed E-state index contributed by atoms with van der Waals surface area (Å²) in [5.41, 5.74) is 6.57. The first-order valence-electron chi connectivity index (χ1n) is 9.99. The molecule has 2 aromatic rings. The predicted molar refractivity (Wildman–Crippen MR) is 110 cm³/mol. The largest absolute Gasteiger partial charge is 0.452 e. The molecule has 0 aromatic heterocycles. The first kappa shape index (κ1) is 17.4. The van der Waals surface area contributed by atoms with Gasteiger partial charge in [-0.3, -0.25) is 9.69 Å². The average Bonchev–Trinajstić information content (AvgIpc) is 3.27. The Labute approximate surface area is 165 Å². The predicted octanol–water partition coefficient (Wildman–Crippen LogP) is 3.50. The van der Waals surface area contributed by atoms with Crippen LogP contribution in [0.5, 0.6) is 5.75 Å². The van der Waals surface area contributed by atoms with Gasteiger partial charge in [0.15, 0.2) is 5.76 Å². The Morgan fingerprint density at radius 2 is 1.93 bits per heavy atom. The fraction of sp³-hybridized carbons (Fsp3) is 0.292. The van der Waals surface area contributed by atoms with Crippen molar-refractivity contribution in [2.24, 2.45) is 0 Å². The second-order valence-corrected chi connectivity index (χ2v) is 7.72. The Hall–Kier alpha value is -2.69. The zero-order valence-electron chi connectivity index (χ0n) is 16.1. The third-order valence-corrected chi connectivity index (χ3v) is 5.92. The van der Waals surface area contributed by atoms with Gasteiger partial charge in [-0.1, -0.05) is 36.4 Å². The number of ether oxygens (including phenoxy) is 1. The van der Waals surface area contributed by atoms with E-state index in [4.69, 9.17) is 4.74 Å². The fourth-order valence-electron chi connectivity index (χ4n) is 4.28. The SMILES string of the molecule is Cc1ccc2c(c1CN1CCNCC1)O/C(=C\C1=CCc3ccccc31)C2=O. The highest BCUT2D eigenvalue weighted by atomic mass is 16.5. The zero-order chi connectivity index (χ0) is 19.1. The van der Waals surface area contributed by atoms with Gasteiger partial charge in [-0.05, 0) is 47.8 Å². The molecule has 4 heteroatoms. The van der Waals surface area contributed by atoms with Gasteiger partial charge in [-0.25, -0.2) is 0 Å². The van der Waals surface area contributed by atoms with Crippen molar-refractivity contribution >= 4 is 11.4 Å². The number of hydrogen-bond acceptors (Lipinski definition) is 4. The number of nitrogens with zero attached hydrogens (tertiary/aromatic N) is 1. The minimum atomic E-state index is -0.0122. The third-order valence-electron chi connectivity index (χ3n) is 5.92. The molecular formula is C24H24N2O2. The topological polar surface area (TPSA) is 41.6 Å². The van der Waals surface area contributed by atoms with Crippen LogP contribution in [0.3, 0.4) is 0 Å². The highest BCUT2D eigenvalue weighted by molar-refractivity contribution is 6.13. The first-order chi connectivity index (χ1) is 13.7. The molecule has 0 atom stereocenters. The number of carbonyl (C=O) groups is 1. The van der Waals surface area contributed by atoms with Crippen molar-refractivity contribution in [1.82, 2.24) is 10.2 Å². The molecule has 0 saturated carbocycles. The Morgan fingerprint density at radius 3 is 2.79 bits per heavy atom. The lowest BCUT2D eigenvalue weighted by atomic mass is 10.0. The van der Waals surface area contributed by atoms with Crippen LogP contribution in [-0.4, -0.2) is 36.9 Å². The average molecular weight is 372 g/mol. The summed E-state index contributed by atoms with van der Waals surface area (Å²) in [6, 6.07) is 12.3. The standard InChI is InChI=1S/C24H24N2O2/c1-16-6-9-20-23(27)22(14-18-8-7-17-4-2-3-5-19(17)18)28-24(20)21(16)15-26-12-10-25-11-13-26/h2-6,8-9,14,25H,7,10-13,15H2,1H3/b22-14-. The first-order valence-corrected chi connectivity index (χ1v) is 9.99. The number of benzene rings is 2. The van der Waals surface area contributed by atoms with E-state index in [-0.39, 0.29) is 5.78 Å². The van der Waals surface area contributed by atoms with E-state index in [1.165, 1.54) is 16.7 Å². The molecule has 1 aliphatic carbocycles. The van der Waals surface area contributed by atoms with Crippen molar-refractivity contribution in [3.63, 3.8) is 0 Å². The van der Waals surface area contributed by atoms with Gasteiger partial charge in [0.1, 0.15) is 5.75 Å². The summed E-state index contributed by atoms with van der Waals surface area (Å²) < 4.78 is 6.18. The quantitative estimate of drug-likeness (QED) is 0.838. The van der Waals surface area contributed by atoms with Gasteiger partial charge in [0.2, 0.25) is 5.78 Å². The van der Waals surface area contributed by atoms with Crippen LogP contribution in [0.2, 0.25) is 0 Å². The van der Waals surface area contributed by atoms with E-state index in [1.54, 1.807) is 0 Å². The highest BCUT2D eigenvalue weighted by Gasteiger charge is 2.31. The molecule has 3 aliphatic rings. The summed E-state index contributed by atoms with van der Waals surface area (Å²) in [7, 11) is 0. The summed E-state index contributed by atoms with van der Waals surface area (Å²) in [5, 5.41) is 3.39. The van der Waals surface area contributed by atoms with Crippen LogP contribution in [0.1, 0.15) is 32.6 Å². The Morgan fingerprint density at radius 1 is 1.11 bits per heavy atom. The molecule has 1 saturated heterocycles. The van der Waals surface area contributed by atoms with Gasteiger partial charge in [0.05, 0.1) is 5.56 Å². The minimum Gasteiger partial charge on any atom is -0.452 e. The van der Waals surface area contributed by atoms with Crippen molar-refractivity contribution in [2.75, 3.05) is 26.2 Å². The lowest BCUT2D eigenvalue weighted by Crippen LogP contribution is -2.43. The molecule has 4 nitrogen and oxygen atoms in total. The fourth-order valence-corrected chi connectivity index (χ4v) is 4.28. The molecule has 0 spiro atoms. The maximum atomic E-state index is 13.0. The number of aryl methyl sites for hydroxylation is 1. The maximum absolute atomic E-state index is 13.0. The van der Waals surface area contributed by atoms with E-state index in [1.807, 2.05) is 24.3 Å². The van der Waals surface area contributed by atoms with E-state index in [2.05, 4.69) is 41.4 Å². The second-order valence-electron chi connectivity index (χ2n) is 7.72. The smallest absolute Gasteiger partial charge is 0.231 e. The van der Waals surface area contributed by atoms with Crippen LogP contribution in [0.4, 0.5) is 0 Å². The monoisotopic (exact) mass is 372 g/mol. The van der Waals surface area contributed by atoms with Crippen LogP contribution < -0.4 is 10.1 Å². The van der Waals surface area contributed by atoms with E-state index >= 15 is 0 Å². The van der Waals surface area contributed by atoms with E-state index in [0.29, 0.717) is 11.3 Å². The number of allylic oxidation sites excluding steroid dienone is 4. The number of ketones is 1. The Kier molecular flexibility index (Phi) is 4.38. The van der Waals surface area contributed by atoms with Crippen molar-refractivity contribution in [3.8, 4) is 5.75 Å². The van der Waals surface area contributed by atoms with Crippen LogP contribution in [0.25, 0.3) is 5.57 Å². The molecule has 0 radical (unpaired) electrons. The highest BCUT2D eigenvalue weighted by Crippen LogP contribution is 2.39. The van der Waals surface area contributed by atoms with E-state index in [9.17, 15) is 4.79 Å². The van der Waals surface area contributed by atoms with Gasteiger partial charge in [-0.15, -0.1) is 0 Å². The minimum absolute atomic E-state index is 0.0122. The molecule has 0 unspecified atom stereocenters. The number of rotatable bonds is 3. The molecule has 142 valence electrons. The molecule has 5 rings (SSSR count). The number of nitrogens with one attached hydrogen (secondary N) is 1. The summed E-state index contributed by atoms with van der Waals surface area (Å²) in [6.07, 6.45) is 4.99. The summed E-state index contributed by atoms with van der Waals surface area (Å²) in [6.45, 7) is 6.97. The van der Waals surface area contributed by atoms with Crippen LogP contribution in [-0.2, 0) is 13.0 Å². The van der Waals surface area contributed by atoms with Crippen molar-refractivity contribution in [2.45, 2.75) is 19.9 Å². The van der Waals surface area contributed by atoms with E-state index < -0.39 is 0 Å². The van der Waals surface area contributed by atoms with Crippen LogP contribution >= 0.6 is 0 Å². The zero-order valence-corrected chi connectivity index (χ0v) is 16.1. The lowest BCUT2D eigenvalue weighted by Gasteiger charge is -2.28. The number of fused-ring (bicyclic) bond motifs is 2. The lowest BCUT2D eigenvalue weighted by molar-refractivity contribution is 0.101. The molecule has 2 heterocycles. The molecular weight excluding hydrogens is 348 g/mol. The molecule has 0 amide bonds. The van der Waals surface area contributed by atoms with E-state index in [0.717, 1.165) is 56.0 Å². The molecule has 1 fully saturated rings. The summed E-state index contributed by atoms with van der Waals surface area (Å²) in [4.78, 5) is 15.4. The van der Waals surface area contributed by atoms with Crippen molar-refractivity contribution in [1.29, 1.82) is 0 Å². The van der Waals surface area contributed by atoms with Gasteiger partial charge < -0.3 is 10.1 Å². The number of Topliss-reactive ketones (excluding diaryl/α,β-unsaturated/α-hetero) is 1. The van der Waals surface area contributed by atoms with Crippen molar-refractivity contribution in [3.05, 3.63) is 82.1 Å². The van der Waals surface area contributed by atoms with Gasteiger partial charge in [0.25, 0.3) is 0 Å². The molecule has 28 heavy (non-hydrogen) atoms. The van der Waals surface area contributed by atoms with Gasteiger partial charge >= 0.3 is 0 Å². The Bertz CT molecular complexity index is 1010. The van der Waals surface area contributed by atoms with Crippen molar-refractivity contribution < 1.29 is 9.53 Å². The molecule has 2 aliphatic heterocycles. The van der Waals surface area contributed by atoms with Gasteiger partial charge in [0, 0.05) is 38.3 Å². The number of carbonyl (C=O) groups excluding carboxylic acids is 1. The number of piperazine rings is 1. The molecule has 2 aromatic carbocycles. The summed E-state index contributed by atoms with van der Waals surface area (Å²) in [5.74, 6) is 1.17. The third kappa shape index (κ3) is 2.99. The van der Waals surface area contributed by atoms with Gasteiger partial charge in [-0.2, -0.15) is 0 Å². The van der Waals surface area contributed by atoms with Crippen LogP contribution in [0.15, 0.2) is 54.3 Å². The maximum Gasteiger partial charge on any atom is 0.231 e. The summed E-state index contributed by atoms with van der Waals surface area (Å²) >= 11 is 0. The molecule has 1 N–H and O–H groups in total. The Balaban J connectivity index is 1.46. The molecule has 0 bridgehead atoms. The second kappa shape index (κ2) is 7.04. The number of hydrogen-bond donors (Lipinski definition) is 1. The van der Waals surface area contributed by atoms with Crippen LogP contribution in [0, 0.1) is 6.92 Å². The normalized spacial score (nSPS) is 20.1.